The van der Waals surface area contributed by atoms with Crippen molar-refractivity contribution in [3.8, 4) is 0 Å². The number of halogens is 1. The highest BCUT2D eigenvalue weighted by Gasteiger charge is 2.10. The SMILES string of the molecule is C=C/C(=C(C)\C(Cl)=C(/C)C(C)C)C(C)C. The third-order valence-electron chi connectivity index (χ3n) is 2.82. The van der Waals surface area contributed by atoms with Crippen molar-refractivity contribution >= 4 is 11.6 Å². The summed E-state index contributed by atoms with van der Waals surface area (Å²) in [6.45, 7) is 16.7. The zero-order valence-electron chi connectivity index (χ0n) is 10.8. The van der Waals surface area contributed by atoms with Crippen LogP contribution < -0.4 is 0 Å². The van der Waals surface area contributed by atoms with Crippen LogP contribution in [0.3, 0.4) is 0 Å². The Morgan fingerprint density at radius 2 is 1.53 bits per heavy atom. The van der Waals surface area contributed by atoms with E-state index in [0.29, 0.717) is 11.8 Å². The highest BCUT2D eigenvalue weighted by atomic mass is 35.5. The molecular weight excluding hydrogens is 204 g/mol. The molecule has 0 bridgehead atoms. The molecule has 0 nitrogen and oxygen atoms in total. The molecule has 0 aromatic heterocycles. The van der Waals surface area contributed by atoms with Gasteiger partial charge in [0.15, 0.2) is 0 Å². The van der Waals surface area contributed by atoms with Crippen molar-refractivity contribution < 1.29 is 0 Å². The van der Waals surface area contributed by atoms with Crippen molar-refractivity contribution in [2.45, 2.75) is 41.5 Å². The van der Waals surface area contributed by atoms with Crippen LogP contribution in [0.1, 0.15) is 41.5 Å². The van der Waals surface area contributed by atoms with Gasteiger partial charge in [-0.25, -0.2) is 0 Å². The summed E-state index contributed by atoms with van der Waals surface area (Å²) in [6, 6.07) is 0. The predicted molar refractivity (Wildman–Crippen MR) is 71.1 cm³/mol. The summed E-state index contributed by atoms with van der Waals surface area (Å²) >= 11 is 6.37. The van der Waals surface area contributed by atoms with Crippen molar-refractivity contribution in [2.24, 2.45) is 11.8 Å². The maximum absolute atomic E-state index is 6.37. The standard InChI is InChI=1S/C14H23Cl/c1-8-13(10(4)5)12(7)14(15)11(6)9(2)3/h8-10H,1H2,2-7H3/b13-12+,14-11-. The van der Waals surface area contributed by atoms with Crippen LogP contribution in [0.5, 0.6) is 0 Å². The summed E-state index contributed by atoms with van der Waals surface area (Å²) < 4.78 is 0. The van der Waals surface area contributed by atoms with Crippen LogP contribution in [0.2, 0.25) is 0 Å². The third-order valence-corrected chi connectivity index (χ3v) is 3.40. The zero-order chi connectivity index (χ0) is 12.2. The van der Waals surface area contributed by atoms with E-state index in [1.165, 1.54) is 11.1 Å². The van der Waals surface area contributed by atoms with E-state index in [9.17, 15) is 0 Å². The normalized spacial score (nSPS) is 15.3. The van der Waals surface area contributed by atoms with Crippen molar-refractivity contribution in [1.29, 1.82) is 0 Å². The molecule has 86 valence electrons. The number of rotatable bonds is 4. The average Bonchev–Trinajstić information content (AvgIpc) is 2.15. The van der Waals surface area contributed by atoms with E-state index in [0.717, 1.165) is 10.6 Å². The van der Waals surface area contributed by atoms with Gasteiger partial charge in [0.2, 0.25) is 0 Å². The Morgan fingerprint density at radius 1 is 1.07 bits per heavy atom. The van der Waals surface area contributed by atoms with E-state index in [-0.39, 0.29) is 0 Å². The van der Waals surface area contributed by atoms with Crippen LogP contribution in [0.4, 0.5) is 0 Å². The lowest BCUT2D eigenvalue weighted by atomic mass is 9.94. The molecule has 0 amide bonds. The highest BCUT2D eigenvalue weighted by Crippen LogP contribution is 2.29. The number of allylic oxidation sites excluding steroid dienone is 5. The molecule has 0 unspecified atom stereocenters. The molecule has 0 saturated heterocycles. The largest absolute Gasteiger partial charge is 0.0988 e. The van der Waals surface area contributed by atoms with Crippen LogP contribution >= 0.6 is 11.6 Å². The van der Waals surface area contributed by atoms with Gasteiger partial charge in [-0.3, -0.25) is 0 Å². The van der Waals surface area contributed by atoms with Crippen LogP contribution in [0, 0.1) is 11.8 Å². The second kappa shape index (κ2) is 6.17. The predicted octanol–water partition coefficient (Wildman–Crippen LogP) is 5.31. The quantitative estimate of drug-likeness (QED) is 0.570. The number of hydrogen-bond donors (Lipinski definition) is 0. The molecule has 0 atom stereocenters. The molecule has 1 heteroatoms. The second-order valence-electron chi connectivity index (χ2n) is 4.59. The third kappa shape index (κ3) is 3.87. The molecule has 15 heavy (non-hydrogen) atoms. The summed E-state index contributed by atoms with van der Waals surface area (Å²) in [5, 5.41) is 0.897. The summed E-state index contributed by atoms with van der Waals surface area (Å²) in [5.41, 5.74) is 3.64. The zero-order valence-corrected chi connectivity index (χ0v) is 11.6. The van der Waals surface area contributed by atoms with Crippen LogP contribution in [-0.2, 0) is 0 Å². The van der Waals surface area contributed by atoms with Crippen molar-refractivity contribution in [1.82, 2.24) is 0 Å². The fourth-order valence-corrected chi connectivity index (χ4v) is 1.83. The van der Waals surface area contributed by atoms with Crippen molar-refractivity contribution in [3.05, 3.63) is 34.4 Å². The lowest BCUT2D eigenvalue weighted by Gasteiger charge is -2.15. The molecule has 0 spiro atoms. The lowest BCUT2D eigenvalue weighted by molar-refractivity contribution is 0.758. The van der Waals surface area contributed by atoms with Crippen molar-refractivity contribution in [3.63, 3.8) is 0 Å². The summed E-state index contributed by atoms with van der Waals surface area (Å²) in [4.78, 5) is 0. The van der Waals surface area contributed by atoms with Gasteiger partial charge in [0.25, 0.3) is 0 Å². The van der Waals surface area contributed by atoms with Crippen molar-refractivity contribution in [2.75, 3.05) is 0 Å². The van der Waals surface area contributed by atoms with Gasteiger partial charge in [0, 0.05) is 5.03 Å². The van der Waals surface area contributed by atoms with Gasteiger partial charge in [-0.05, 0) is 36.8 Å². The molecule has 0 fully saturated rings. The Kier molecular flexibility index (Phi) is 5.97. The van der Waals surface area contributed by atoms with E-state index in [1.807, 2.05) is 6.08 Å². The minimum atomic E-state index is 0.469. The Labute approximate surface area is 99.7 Å². The van der Waals surface area contributed by atoms with Gasteiger partial charge in [0.05, 0.1) is 0 Å². The van der Waals surface area contributed by atoms with E-state index in [2.05, 4.69) is 48.1 Å². The van der Waals surface area contributed by atoms with E-state index < -0.39 is 0 Å². The Bertz CT molecular complexity index is 290. The Balaban J connectivity index is 5.39. The van der Waals surface area contributed by atoms with E-state index >= 15 is 0 Å². The van der Waals surface area contributed by atoms with Gasteiger partial charge in [-0.1, -0.05) is 57.5 Å². The summed E-state index contributed by atoms with van der Waals surface area (Å²) in [7, 11) is 0. The monoisotopic (exact) mass is 226 g/mol. The maximum Gasteiger partial charge on any atom is 0.0429 e. The minimum absolute atomic E-state index is 0.469. The molecule has 0 aromatic rings. The Hall–Kier alpha value is -0.490. The second-order valence-corrected chi connectivity index (χ2v) is 4.97. The molecular formula is C14H23Cl. The van der Waals surface area contributed by atoms with Crippen LogP contribution in [0.15, 0.2) is 34.4 Å². The molecule has 0 aliphatic carbocycles. The molecule has 0 aliphatic rings. The first-order valence-corrected chi connectivity index (χ1v) is 5.90. The van der Waals surface area contributed by atoms with Gasteiger partial charge < -0.3 is 0 Å². The van der Waals surface area contributed by atoms with Gasteiger partial charge >= 0.3 is 0 Å². The van der Waals surface area contributed by atoms with E-state index in [4.69, 9.17) is 11.6 Å². The molecule has 0 N–H and O–H groups in total. The van der Waals surface area contributed by atoms with Crippen LogP contribution in [-0.4, -0.2) is 0 Å². The molecule has 0 rings (SSSR count). The molecule has 0 heterocycles. The fraction of sp³-hybridized carbons (Fsp3) is 0.571. The van der Waals surface area contributed by atoms with E-state index in [1.54, 1.807) is 0 Å². The summed E-state index contributed by atoms with van der Waals surface area (Å²) in [5.74, 6) is 0.960. The lowest BCUT2D eigenvalue weighted by Crippen LogP contribution is -1.99. The van der Waals surface area contributed by atoms with Gasteiger partial charge in [-0.15, -0.1) is 0 Å². The highest BCUT2D eigenvalue weighted by molar-refractivity contribution is 6.32. The summed E-state index contributed by atoms with van der Waals surface area (Å²) in [6.07, 6.45) is 1.91. The van der Waals surface area contributed by atoms with Crippen LogP contribution in [0.25, 0.3) is 0 Å². The first-order valence-electron chi connectivity index (χ1n) is 5.52. The minimum Gasteiger partial charge on any atom is -0.0988 e. The molecule has 0 radical (unpaired) electrons. The topological polar surface area (TPSA) is 0 Å². The first-order chi connectivity index (χ1) is 6.82. The van der Waals surface area contributed by atoms with Gasteiger partial charge in [-0.2, -0.15) is 0 Å². The first kappa shape index (κ1) is 14.5. The Morgan fingerprint density at radius 3 is 1.80 bits per heavy atom. The molecule has 0 aliphatic heterocycles. The molecule has 0 saturated carbocycles. The molecule has 0 aromatic carbocycles. The average molecular weight is 227 g/mol. The fourth-order valence-electron chi connectivity index (χ4n) is 1.50. The number of hydrogen-bond acceptors (Lipinski definition) is 0. The smallest absolute Gasteiger partial charge is 0.0429 e. The van der Waals surface area contributed by atoms with Gasteiger partial charge in [0.1, 0.15) is 0 Å². The maximum atomic E-state index is 6.37.